The van der Waals surface area contributed by atoms with Crippen molar-refractivity contribution in [2.45, 2.75) is 19.5 Å². The number of ether oxygens (including phenoxy) is 1. The van der Waals surface area contributed by atoms with Crippen LogP contribution in [0.15, 0.2) is 29.3 Å². The molecule has 6 nitrogen and oxygen atoms in total. The van der Waals surface area contributed by atoms with Crippen molar-refractivity contribution in [1.29, 1.82) is 0 Å². The summed E-state index contributed by atoms with van der Waals surface area (Å²) in [7, 11) is 9.84. The van der Waals surface area contributed by atoms with Crippen molar-refractivity contribution in [3.8, 4) is 0 Å². The molecular formula is C19H35N5O. The van der Waals surface area contributed by atoms with Gasteiger partial charge in [0.2, 0.25) is 0 Å². The summed E-state index contributed by atoms with van der Waals surface area (Å²) >= 11 is 0. The molecule has 142 valence electrons. The minimum absolute atomic E-state index is 0.769. The molecule has 0 atom stereocenters. The second kappa shape index (κ2) is 12.7. The van der Waals surface area contributed by atoms with Crippen LogP contribution in [0.3, 0.4) is 0 Å². The van der Waals surface area contributed by atoms with Crippen molar-refractivity contribution in [2.24, 2.45) is 4.99 Å². The first kappa shape index (κ1) is 21.4. The number of aliphatic imine (C=N–C) groups is 1. The van der Waals surface area contributed by atoms with E-state index in [-0.39, 0.29) is 0 Å². The number of rotatable bonds is 11. The van der Waals surface area contributed by atoms with Gasteiger partial charge in [-0.05, 0) is 38.7 Å². The predicted molar refractivity (Wildman–Crippen MR) is 106 cm³/mol. The molecule has 0 fully saturated rings. The minimum atomic E-state index is 0.769. The van der Waals surface area contributed by atoms with Gasteiger partial charge in [0.25, 0.3) is 0 Å². The molecule has 1 rings (SSSR count). The third kappa shape index (κ3) is 10.1. The van der Waals surface area contributed by atoms with Crippen LogP contribution in [-0.4, -0.2) is 77.3 Å². The molecule has 0 radical (unpaired) electrons. The lowest BCUT2D eigenvalue weighted by atomic mass is 10.1. The van der Waals surface area contributed by atoms with Crippen LogP contribution >= 0.6 is 0 Å². The highest BCUT2D eigenvalue weighted by Crippen LogP contribution is 2.05. The highest BCUT2D eigenvalue weighted by Gasteiger charge is 2.01. The first-order valence-corrected chi connectivity index (χ1v) is 8.89. The second-order valence-corrected chi connectivity index (χ2v) is 6.56. The first-order valence-electron chi connectivity index (χ1n) is 8.89. The first-order chi connectivity index (χ1) is 12.0. The number of benzene rings is 1. The van der Waals surface area contributed by atoms with Gasteiger partial charge in [0, 0.05) is 53.5 Å². The molecule has 0 saturated carbocycles. The Labute approximate surface area is 153 Å². The van der Waals surface area contributed by atoms with E-state index in [0.717, 1.165) is 51.7 Å². The lowest BCUT2D eigenvalue weighted by Gasteiger charge is -2.18. The zero-order valence-electron chi connectivity index (χ0n) is 16.5. The Balaban J connectivity index is 2.27. The van der Waals surface area contributed by atoms with Gasteiger partial charge in [0.15, 0.2) is 5.96 Å². The Morgan fingerprint density at radius 3 is 2.32 bits per heavy atom. The Bertz CT molecular complexity index is 487. The van der Waals surface area contributed by atoms with Crippen molar-refractivity contribution >= 4 is 5.96 Å². The van der Waals surface area contributed by atoms with Gasteiger partial charge in [-0.15, -0.1) is 0 Å². The highest BCUT2D eigenvalue weighted by molar-refractivity contribution is 5.79. The van der Waals surface area contributed by atoms with E-state index in [4.69, 9.17) is 4.74 Å². The topological polar surface area (TPSA) is 52.1 Å². The van der Waals surface area contributed by atoms with Gasteiger partial charge in [0.05, 0.1) is 0 Å². The van der Waals surface area contributed by atoms with Gasteiger partial charge in [0.1, 0.15) is 0 Å². The number of guanidine groups is 1. The molecule has 0 spiro atoms. The molecule has 25 heavy (non-hydrogen) atoms. The van der Waals surface area contributed by atoms with Crippen molar-refractivity contribution in [1.82, 2.24) is 20.4 Å². The molecule has 0 saturated heterocycles. The SMILES string of the molecule is CN=C(NCCN(C)CCCOC)NCc1ccc(CN(C)C)cc1. The number of methoxy groups -OCH3 is 1. The molecule has 2 N–H and O–H groups in total. The molecular weight excluding hydrogens is 314 g/mol. The van der Waals surface area contributed by atoms with E-state index in [2.05, 4.69) is 70.8 Å². The van der Waals surface area contributed by atoms with Crippen LogP contribution < -0.4 is 10.6 Å². The normalized spacial score (nSPS) is 12.0. The van der Waals surface area contributed by atoms with E-state index in [0.29, 0.717) is 0 Å². The van der Waals surface area contributed by atoms with E-state index in [9.17, 15) is 0 Å². The summed E-state index contributed by atoms with van der Waals surface area (Å²) in [5, 5.41) is 6.72. The Morgan fingerprint density at radius 1 is 1.04 bits per heavy atom. The lowest BCUT2D eigenvalue weighted by Crippen LogP contribution is -2.40. The van der Waals surface area contributed by atoms with Gasteiger partial charge in [-0.1, -0.05) is 24.3 Å². The maximum absolute atomic E-state index is 5.08. The molecule has 0 aromatic heterocycles. The molecule has 0 aliphatic carbocycles. The number of nitrogens with zero attached hydrogens (tertiary/aromatic N) is 3. The molecule has 6 heteroatoms. The van der Waals surface area contributed by atoms with Gasteiger partial charge in [-0.2, -0.15) is 0 Å². The highest BCUT2D eigenvalue weighted by atomic mass is 16.5. The fourth-order valence-corrected chi connectivity index (χ4v) is 2.49. The summed E-state index contributed by atoms with van der Waals surface area (Å²) in [6.45, 7) is 5.43. The zero-order valence-corrected chi connectivity index (χ0v) is 16.5. The molecule has 1 aromatic carbocycles. The van der Waals surface area contributed by atoms with E-state index in [1.54, 1.807) is 14.2 Å². The Hall–Kier alpha value is -1.63. The van der Waals surface area contributed by atoms with Crippen molar-refractivity contribution in [3.63, 3.8) is 0 Å². The summed E-state index contributed by atoms with van der Waals surface area (Å²) < 4.78 is 5.08. The van der Waals surface area contributed by atoms with Gasteiger partial charge >= 0.3 is 0 Å². The maximum Gasteiger partial charge on any atom is 0.191 e. The second-order valence-electron chi connectivity index (χ2n) is 6.56. The summed E-state index contributed by atoms with van der Waals surface area (Å²) in [6, 6.07) is 8.70. The van der Waals surface area contributed by atoms with Crippen LogP contribution in [-0.2, 0) is 17.8 Å². The summed E-state index contributed by atoms with van der Waals surface area (Å²) in [6.07, 6.45) is 1.06. The zero-order chi connectivity index (χ0) is 18.5. The van der Waals surface area contributed by atoms with E-state index in [1.165, 1.54) is 11.1 Å². The Morgan fingerprint density at radius 2 is 1.72 bits per heavy atom. The summed E-state index contributed by atoms with van der Waals surface area (Å²) in [5.41, 5.74) is 2.58. The number of hydrogen-bond acceptors (Lipinski definition) is 4. The summed E-state index contributed by atoms with van der Waals surface area (Å²) in [5.74, 6) is 0.836. The standard InChI is InChI=1S/C19H35N5O/c1-20-19(21-11-13-24(4)12-6-14-25-5)22-15-17-7-9-18(10-8-17)16-23(2)3/h7-10H,6,11-16H2,1-5H3,(H2,20,21,22). The average Bonchev–Trinajstić information content (AvgIpc) is 2.59. The minimum Gasteiger partial charge on any atom is -0.385 e. The van der Waals surface area contributed by atoms with Crippen LogP contribution in [0.2, 0.25) is 0 Å². The van der Waals surface area contributed by atoms with Gasteiger partial charge in [-0.3, -0.25) is 4.99 Å². The van der Waals surface area contributed by atoms with Gasteiger partial charge in [-0.25, -0.2) is 0 Å². The summed E-state index contributed by atoms with van der Waals surface area (Å²) in [4.78, 5) is 8.75. The van der Waals surface area contributed by atoms with Crippen molar-refractivity contribution in [3.05, 3.63) is 35.4 Å². The van der Waals surface area contributed by atoms with Crippen LogP contribution in [0.25, 0.3) is 0 Å². The number of likely N-dealkylation sites (N-methyl/N-ethyl adjacent to an activating group) is 1. The van der Waals surface area contributed by atoms with Crippen LogP contribution in [0.5, 0.6) is 0 Å². The van der Waals surface area contributed by atoms with Crippen LogP contribution in [0, 0.1) is 0 Å². The van der Waals surface area contributed by atoms with Crippen LogP contribution in [0.4, 0.5) is 0 Å². The lowest BCUT2D eigenvalue weighted by molar-refractivity contribution is 0.180. The predicted octanol–water partition coefficient (Wildman–Crippen LogP) is 1.38. The molecule has 1 aromatic rings. The average molecular weight is 350 g/mol. The molecule has 0 unspecified atom stereocenters. The largest absolute Gasteiger partial charge is 0.385 e. The molecule has 0 amide bonds. The number of nitrogens with one attached hydrogen (secondary N) is 2. The van der Waals surface area contributed by atoms with Crippen molar-refractivity contribution < 1.29 is 4.74 Å². The van der Waals surface area contributed by atoms with Gasteiger partial charge < -0.3 is 25.2 Å². The Kier molecular flexibility index (Phi) is 10.9. The van der Waals surface area contributed by atoms with Crippen molar-refractivity contribution in [2.75, 3.05) is 61.5 Å². The fourth-order valence-electron chi connectivity index (χ4n) is 2.49. The molecule has 0 bridgehead atoms. The maximum atomic E-state index is 5.08. The fraction of sp³-hybridized carbons (Fsp3) is 0.632. The molecule has 0 aliphatic rings. The smallest absolute Gasteiger partial charge is 0.191 e. The quantitative estimate of drug-likeness (QED) is 0.359. The third-order valence-electron chi connectivity index (χ3n) is 3.88. The third-order valence-corrected chi connectivity index (χ3v) is 3.88. The molecule has 0 aliphatic heterocycles. The monoisotopic (exact) mass is 349 g/mol. The van der Waals surface area contributed by atoms with E-state index in [1.807, 2.05) is 0 Å². The molecule has 0 heterocycles. The van der Waals surface area contributed by atoms with E-state index >= 15 is 0 Å². The number of hydrogen-bond donors (Lipinski definition) is 2. The van der Waals surface area contributed by atoms with E-state index < -0.39 is 0 Å². The van der Waals surface area contributed by atoms with Crippen LogP contribution in [0.1, 0.15) is 17.5 Å².